The van der Waals surface area contributed by atoms with E-state index in [-0.39, 0.29) is 5.24 Å². The first-order valence-corrected chi connectivity index (χ1v) is 7.55. The number of rotatable bonds is 3. The summed E-state index contributed by atoms with van der Waals surface area (Å²) in [6.45, 7) is 0. The summed E-state index contributed by atoms with van der Waals surface area (Å²) in [7, 11) is 1.54. The highest BCUT2D eigenvalue weighted by Gasteiger charge is 2.11. The molecule has 0 radical (unpaired) electrons. The van der Waals surface area contributed by atoms with E-state index >= 15 is 0 Å². The Kier molecular flexibility index (Phi) is 4.25. The van der Waals surface area contributed by atoms with Gasteiger partial charge < -0.3 is 10.1 Å². The number of fused-ring (bicyclic) bond motifs is 1. The highest BCUT2D eigenvalue weighted by Crippen LogP contribution is 2.29. The molecule has 2 aromatic carbocycles. The fraction of sp³-hybridized carbons (Fsp3) is 0.0588. The Morgan fingerprint density at radius 3 is 2.59 bits per heavy atom. The second kappa shape index (κ2) is 6.49. The molecule has 0 saturated heterocycles. The number of carbonyl (C=O) groups is 1. The van der Waals surface area contributed by atoms with E-state index in [1.807, 2.05) is 60.7 Å². The van der Waals surface area contributed by atoms with Gasteiger partial charge >= 0.3 is 0 Å². The number of hydrogen-bond donors (Lipinski definition) is 1. The van der Waals surface area contributed by atoms with Gasteiger partial charge in [0.25, 0.3) is 5.24 Å². The number of ether oxygens (including phenoxy) is 1. The van der Waals surface area contributed by atoms with Crippen LogP contribution in [0.1, 0.15) is 0 Å². The number of methoxy groups -OCH3 is 1. The van der Waals surface area contributed by atoms with Crippen LogP contribution >= 0.6 is 11.8 Å². The monoisotopic (exact) mass is 310 g/mol. The molecule has 1 amide bonds. The van der Waals surface area contributed by atoms with Crippen LogP contribution in [0.4, 0.5) is 10.5 Å². The van der Waals surface area contributed by atoms with Gasteiger partial charge in [0, 0.05) is 10.3 Å². The Morgan fingerprint density at radius 2 is 1.82 bits per heavy atom. The van der Waals surface area contributed by atoms with Crippen LogP contribution in [0.25, 0.3) is 10.9 Å². The summed E-state index contributed by atoms with van der Waals surface area (Å²) in [5.41, 5.74) is 1.39. The van der Waals surface area contributed by atoms with Crippen LogP contribution in [0.15, 0.2) is 65.6 Å². The maximum Gasteiger partial charge on any atom is 0.288 e. The van der Waals surface area contributed by atoms with E-state index in [0.29, 0.717) is 11.6 Å². The van der Waals surface area contributed by atoms with Gasteiger partial charge in [-0.1, -0.05) is 36.4 Å². The summed E-state index contributed by atoms with van der Waals surface area (Å²) in [6.07, 6.45) is 0. The molecule has 0 fully saturated rings. The number of nitrogens with one attached hydrogen (secondary N) is 1. The number of pyridine rings is 1. The van der Waals surface area contributed by atoms with Gasteiger partial charge in [-0.3, -0.25) is 4.79 Å². The molecule has 1 heterocycles. The average molecular weight is 310 g/mol. The summed E-state index contributed by atoms with van der Waals surface area (Å²) in [6, 6.07) is 19.0. The van der Waals surface area contributed by atoms with Crippen LogP contribution in [0, 0.1) is 0 Å². The van der Waals surface area contributed by atoms with Crippen molar-refractivity contribution < 1.29 is 9.53 Å². The van der Waals surface area contributed by atoms with Gasteiger partial charge in [0.05, 0.1) is 12.6 Å². The molecule has 0 aliphatic rings. The summed E-state index contributed by atoms with van der Waals surface area (Å²) < 4.78 is 5.27. The lowest BCUT2D eigenvalue weighted by Crippen LogP contribution is -2.07. The van der Waals surface area contributed by atoms with Gasteiger partial charge in [0.1, 0.15) is 5.69 Å². The molecular weight excluding hydrogens is 296 g/mol. The summed E-state index contributed by atoms with van der Waals surface area (Å²) in [5, 5.41) is 3.61. The third kappa shape index (κ3) is 3.20. The molecule has 0 saturated carbocycles. The summed E-state index contributed by atoms with van der Waals surface area (Å²) in [4.78, 5) is 17.4. The van der Waals surface area contributed by atoms with Crippen molar-refractivity contribution in [3.63, 3.8) is 0 Å². The molecule has 3 aromatic rings. The minimum Gasteiger partial charge on any atom is -0.479 e. The van der Waals surface area contributed by atoms with Crippen LogP contribution < -0.4 is 10.1 Å². The predicted molar refractivity (Wildman–Crippen MR) is 89.6 cm³/mol. The smallest absolute Gasteiger partial charge is 0.288 e. The largest absolute Gasteiger partial charge is 0.479 e. The number of aromatic nitrogens is 1. The third-order valence-corrected chi connectivity index (χ3v) is 3.87. The van der Waals surface area contributed by atoms with Crippen molar-refractivity contribution in [3.8, 4) is 5.88 Å². The van der Waals surface area contributed by atoms with Gasteiger partial charge in [-0.25, -0.2) is 4.98 Å². The number of anilines is 1. The van der Waals surface area contributed by atoms with Crippen LogP contribution in [0.5, 0.6) is 5.88 Å². The molecule has 4 nitrogen and oxygen atoms in total. The van der Waals surface area contributed by atoms with Crippen molar-refractivity contribution >= 4 is 33.6 Å². The lowest BCUT2D eigenvalue weighted by atomic mass is 10.2. The maximum atomic E-state index is 12.2. The average Bonchev–Trinajstić information content (AvgIpc) is 2.55. The number of benzene rings is 2. The second-order valence-corrected chi connectivity index (χ2v) is 5.61. The zero-order chi connectivity index (χ0) is 15.4. The van der Waals surface area contributed by atoms with Crippen molar-refractivity contribution in [2.45, 2.75) is 4.90 Å². The van der Waals surface area contributed by atoms with Crippen LogP contribution in [0.3, 0.4) is 0 Å². The molecule has 1 N–H and O–H groups in total. The number of carbonyl (C=O) groups excluding carboxylic acids is 1. The summed E-state index contributed by atoms with van der Waals surface area (Å²) in [5.74, 6) is 0.403. The SMILES string of the molecule is COc1nc2ccccc2cc1NC(=O)Sc1ccccc1. The van der Waals surface area contributed by atoms with Gasteiger partial charge in [-0.2, -0.15) is 0 Å². The van der Waals surface area contributed by atoms with Crippen LogP contribution in [0.2, 0.25) is 0 Å². The lowest BCUT2D eigenvalue weighted by Gasteiger charge is -2.10. The van der Waals surface area contributed by atoms with E-state index in [9.17, 15) is 4.79 Å². The Morgan fingerprint density at radius 1 is 1.09 bits per heavy atom. The van der Waals surface area contributed by atoms with Gasteiger partial charge in [0.15, 0.2) is 0 Å². The van der Waals surface area contributed by atoms with Crippen LogP contribution in [-0.2, 0) is 0 Å². The first kappa shape index (κ1) is 14.4. The van der Waals surface area contributed by atoms with Crippen molar-refractivity contribution in [3.05, 3.63) is 60.7 Å². The van der Waals surface area contributed by atoms with Crippen molar-refractivity contribution in [2.24, 2.45) is 0 Å². The lowest BCUT2D eigenvalue weighted by molar-refractivity contribution is 0.269. The number of thioether (sulfide) groups is 1. The molecule has 0 aliphatic carbocycles. The number of para-hydroxylation sites is 1. The molecule has 1 aromatic heterocycles. The molecule has 5 heteroatoms. The zero-order valence-electron chi connectivity index (χ0n) is 11.9. The number of nitrogens with zero attached hydrogens (tertiary/aromatic N) is 1. The number of amides is 1. The van der Waals surface area contributed by atoms with E-state index in [1.54, 1.807) is 0 Å². The number of hydrogen-bond acceptors (Lipinski definition) is 4. The van der Waals surface area contributed by atoms with Crippen molar-refractivity contribution in [1.29, 1.82) is 0 Å². The molecular formula is C17H14N2O2S. The Labute approximate surface area is 132 Å². The second-order valence-electron chi connectivity index (χ2n) is 4.57. The van der Waals surface area contributed by atoms with E-state index in [1.165, 1.54) is 7.11 Å². The van der Waals surface area contributed by atoms with Gasteiger partial charge in [-0.15, -0.1) is 0 Å². The normalized spacial score (nSPS) is 10.4. The third-order valence-electron chi connectivity index (χ3n) is 3.07. The quantitative estimate of drug-likeness (QED) is 0.720. The van der Waals surface area contributed by atoms with Crippen molar-refractivity contribution in [2.75, 3.05) is 12.4 Å². The molecule has 0 aliphatic heterocycles. The topological polar surface area (TPSA) is 51.2 Å². The fourth-order valence-corrected chi connectivity index (χ4v) is 2.74. The zero-order valence-corrected chi connectivity index (χ0v) is 12.8. The first-order chi connectivity index (χ1) is 10.8. The predicted octanol–water partition coefficient (Wildman–Crippen LogP) is 4.57. The Balaban J connectivity index is 1.84. The Bertz CT molecular complexity index is 806. The van der Waals surface area contributed by atoms with E-state index < -0.39 is 0 Å². The molecule has 0 spiro atoms. The molecule has 3 rings (SSSR count). The molecule has 22 heavy (non-hydrogen) atoms. The maximum absolute atomic E-state index is 12.2. The minimum atomic E-state index is -0.179. The standard InChI is InChI=1S/C17H14N2O2S/c1-21-16-15(11-12-7-5-6-10-14(12)18-16)19-17(20)22-13-8-3-2-4-9-13/h2-11H,1H3,(H,19,20). The van der Waals surface area contributed by atoms with Crippen LogP contribution in [-0.4, -0.2) is 17.3 Å². The minimum absolute atomic E-state index is 0.179. The Hall–Kier alpha value is -2.53. The highest BCUT2D eigenvalue weighted by molar-refractivity contribution is 8.13. The molecule has 110 valence electrons. The van der Waals surface area contributed by atoms with E-state index in [4.69, 9.17) is 4.74 Å². The van der Waals surface area contributed by atoms with Gasteiger partial charge in [0.2, 0.25) is 5.88 Å². The molecule has 0 atom stereocenters. The first-order valence-electron chi connectivity index (χ1n) is 6.74. The molecule has 0 bridgehead atoms. The highest BCUT2D eigenvalue weighted by atomic mass is 32.2. The summed E-state index contributed by atoms with van der Waals surface area (Å²) >= 11 is 1.13. The fourth-order valence-electron chi connectivity index (χ4n) is 2.07. The van der Waals surface area contributed by atoms with Gasteiger partial charge in [-0.05, 0) is 36.0 Å². The van der Waals surface area contributed by atoms with E-state index in [0.717, 1.165) is 27.6 Å². The van der Waals surface area contributed by atoms with E-state index in [2.05, 4.69) is 10.3 Å². The van der Waals surface area contributed by atoms with Crippen molar-refractivity contribution in [1.82, 2.24) is 4.98 Å². The molecule has 0 unspecified atom stereocenters.